The van der Waals surface area contributed by atoms with Crippen molar-refractivity contribution in [1.29, 1.82) is 0 Å². The number of amides is 1. The van der Waals surface area contributed by atoms with Crippen LogP contribution in [-0.2, 0) is 16.0 Å². The summed E-state index contributed by atoms with van der Waals surface area (Å²) in [5, 5.41) is 9.09. The Bertz CT molecular complexity index is 560. The second-order valence-corrected chi connectivity index (χ2v) is 6.14. The Hall–Kier alpha value is -1.43. The van der Waals surface area contributed by atoms with Crippen LogP contribution in [-0.4, -0.2) is 34.0 Å². The number of aryl methyl sites for hydroxylation is 1. The van der Waals surface area contributed by atoms with Crippen molar-refractivity contribution in [1.82, 2.24) is 4.90 Å². The van der Waals surface area contributed by atoms with Gasteiger partial charge in [0.15, 0.2) is 0 Å². The molecule has 1 saturated carbocycles. The molecule has 6 heteroatoms. The maximum atomic E-state index is 13.2. The number of hydrogen-bond donors (Lipinski definition) is 1. The molecule has 0 saturated heterocycles. The lowest BCUT2D eigenvalue weighted by molar-refractivity contribution is -0.150. The molecule has 114 valence electrons. The minimum Gasteiger partial charge on any atom is -0.480 e. The van der Waals surface area contributed by atoms with Crippen LogP contribution in [0.3, 0.4) is 0 Å². The summed E-state index contributed by atoms with van der Waals surface area (Å²) in [7, 11) is 0. The third-order valence-electron chi connectivity index (χ3n) is 3.62. The van der Waals surface area contributed by atoms with E-state index in [0.717, 1.165) is 17.3 Å². The molecule has 0 bridgehead atoms. The molecule has 1 unspecified atom stereocenters. The molecule has 2 rings (SSSR count). The number of carbonyl (C=O) groups excluding carboxylic acids is 1. The first-order valence-corrected chi connectivity index (χ1v) is 7.67. The lowest BCUT2D eigenvalue weighted by atomic mass is 10.1. The Morgan fingerprint density at radius 1 is 1.48 bits per heavy atom. The Morgan fingerprint density at radius 3 is 2.71 bits per heavy atom. The number of carboxylic acid groups (broad SMARTS) is 1. The normalized spacial score (nSPS) is 15.6. The number of carboxylic acids is 1. The Morgan fingerprint density at radius 2 is 2.14 bits per heavy atom. The highest BCUT2D eigenvalue weighted by Gasteiger charge is 2.37. The monoisotopic (exact) mass is 357 g/mol. The first kappa shape index (κ1) is 15.9. The fourth-order valence-electron chi connectivity index (χ4n) is 2.31. The Balaban J connectivity index is 2.02. The molecule has 0 radical (unpaired) electrons. The van der Waals surface area contributed by atoms with Gasteiger partial charge in [0.25, 0.3) is 0 Å². The zero-order valence-corrected chi connectivity index (χ0v) is 13.3. The lowest BCUT2D eigenvalue weighted by Gasteiger charge is -2.26. The molecule has 1 aliphatic rings. The van der Waals surface area contributed by atoms with Crippen molar-refractivity contribution in [3.8, 4) is 0 Å². The van der Waals surface area contributed by atoms with Gasteiger partial charge < -0.3 is 10.0 Å². The fourth-order valence-corrected chi connectivity index (χ4v) is 2.76. The van der Waals surface area contributed by atoms with Gasteiger partial charge in [0.05, 0.1) is 0 Å². The number of nitrogens with zero attached hydrogens (tertiary/aromatic N) is 1. The van der Waals surface area contributed by atoms with Crippen LogP contribution in [0.25, 0.3) is 0 Å². The smallest absolute Gasteiger partial charge is 0.326 e. The fraction of sp³-hybridized carbons (Fsp3) is 0.467. The molecular formula is C15H17BrFNO3. The van der Waals surface area contributed by atoms with Gasteiger partial charge in [-0.15, -0.1) is 0 Å². The molecule has 1 N–H and O–H groups in total. The number of rotatable bonds is 6. The summed E-state index contributed by atoms with van der Waals surface area (Å²) >= 11 is 3.33. The number of carbonyl (C=O) groups is 2. The van der Waals surface area contributed by atoms with Gasteiger partial charge in [0.1, 0.15) is 11.9 Å². The molecule has 1 atom stereocenters. The van der Waals surface area contributed by atoms with E-state index in [0.29, 0.717) is 12.0 Å². The van der Waals surface area contributed by atoms with Crippen molar-refractivity contribution in [3.05, 3.63) is 34.1 Å². The zero-order chi connectivity index (χ0) is 15.6. The summed E-state index contributed by atoms with van der Waals surface area (Å²) in [6, 6.07) is 3.56. The zero-order valence-electron chi connectivity index (χ0n) is 11.7. The third-order valence-corrected chi connectivity index (χ3v) is 4.39. The van der Waals surface area contributed by atoms with E-state index in [2.05, 4.69) is 15.9 Å². The van der Waals surface area contributed by atoms with Crippen LogP contribution in [0.5, 0.6) is 0 Å². The summed E-state index contributed by atoms with van der Waals surface area (Å²) in [5.41, 5.74) is 0.710. The summed E-state index contributed by atoms with van der Waals surface area (Å²) in [4.78, 5) is 24.8. The molecule has 1 aromatic carbocycles. The highest BCUT2D eigenvalue weighted by Crippen LogP contribution is 2.30. The molecule has 1 aliphatic carbocycles. The van der Waals surface area contributed by atoms with Crippen molar-refractivity contribution < 1.29 is 19.1 Å². The third kappa shape index (κ3) is 4.03. The van der Waals surface area contributed by atoms with Crippen LogP contribution in [0.2, 0.25) is 0 Å². The molecule has 1 aromatic rings. The first-order chi connectivity index (χ1) is 9.90. The molecule has 0 heterocycles. The number of halogens is 2. The molecule has 0 aliphatic heterocycles. The average Bonchev–Trinajstić information content (AvgIpc) is 3.24. The Kier molecular flexibility index (Phi) is 4.98. The van der Waals surface area contributed by atoms with Gasteiger partial charge in [-0.1, -0.05) is 15.9 Å². The standard InChI is InChI=1S/C15H17BrFNO3/c1-9(15(20)21)18(12-4-5-12)14(19)7-2-10-8-11(17)3-6-13(10)16/h3,6,8-9,12H,2,4-5,7H2,1H3,(H,20,21). The number of hydrogen-bond acceptors (Lipinski definition) is 2. The molecular weight excluding hydrogens is 341 g/mol. The van der Waals surface area contributed by atoms with E-state index in [-0.39, 0.29) is 24.2 Å². The van der Waals surface area contributed by atoms with Gasteiger partial charge in [-0.3, -0.25) is 4.79 Å². The van der Waals surface area contributed by atoms with Crippen LogP contribution >= 0.6 is 15.9 Å². The van der Waals surface area contributed by atoms with E-state index in [1.807, 2.05) is 0 Å². The Labute approximate surface area is 131 Å². The van der Waals surface area contributed by atoms with Crippen LogP contribution in [0.15, 0.2) is 22.7 Å². The van der Waals surface area contributed by atoms with Gasteiger partial charge in [-0.2, -0.15) is 0 Å². The molecule has 1 amide bonds. The van der Waals surface area contributed by atoms with Crippen LogP contribution < -0.4 is 0 Å². The maximum Gasteiger partial charge on any atom is 0.326 e. The van der Waals surface area contributed by atoms with Crippen LogP contribution in [0.4, 0.5) is 4.39 Å². The van der Waals surface area contributed by atoms with Crippen LogP contribution in [0.1, 0.15) is 31.7 Å². The molecule has 0 spiro atoms. The van der Waals surface area contributed by atoms with E-state index in [4.69, 9.17) is 5.11 Å². The van der Waals surface area contributed by atoms with Gasteiger partial charge in [-0.05, 0) is 49.9 Å². The quantitative estimate of drug-likeness (QED) is 0.851. The van der Waals surface area contributed by atoms with E-state index in [1.54, 1.807) is 6.07 Å². The minimum absolute atomic E-state index is 0.0413. The second kappa shape index (κ2) is 6.56. The van der Waals surface area contributed by atoms with Crippen molar-refractivity contribution >= 4 is 27.8 Å². The summed E-state index contributed by atoms with van der Waals surface area (Å²) < 4.78 is 14.0. The lowest BCUT2D eigenvalue weighted by Crippen LogP contribution is -2.44. The second-order valence-electron chi connectivity index (χ2n) is 5.28. The van der Waals surface area contributed by atoms with Gasteiger partial charge in [0.2, 0.25) is 5.91 Å². The maximum absolute atomic E-state index is 13.2. The molecule has 0 aromatic heterocycles. The van der Waals surface area contributed by atoms with Crippen molar-refractivity contribution in [2.24, 2.45) is 0 Å². The molecule has 1 fully saturated rings. The topological polar surface area (TPSA) is 57.6 Å². The van der Waals surface area contributed by atoms with Gasteiger partial charge >= 0.3 is 5.97 Å². The average molecular weight is 358 g/mol. The summed E-state index contributed by atoms with van der Waals surface area (Å²) in [6.07, 6.45) is 2.27. The summed E-state index contributed by atoms with van der Waals surface area (Å²) in [6.45, 7) is 1.52. The number of aliphatic carboxylic acids is 1. The predicted octanol–water partition coefficient (Wildman–Crippen LogP) is 2.98. The van der Waals surface area contributed by atoms with Crippen molar-refractivity contribution in [2.75, 3.05) is 0 Å². The number of benzene rings is 1. The van der Waals surface area contributed by atoms with E-state index >= 15 is 0 Å². The van der Waals surface area contributed by atoms with Gasteiger partial charge in [-0.25, -0.2) is 9.18 Å². The van der Waals surface area contributed by atoms with Crippen molar-refractivity contribution in [3.63, 3.8) is 0 Å². The highest BCUT2D eigenvalue weighted by molar-refractivity contribution is 9.10. The first-order valence-electron chi connectivity index (χ1n) is 6.88. The van der Waals surface area contributed by atoms with E-state index in [1.165, 1.54) is 24.0 Å². The van der Waals surface area contributed by atoms with E-state index < -0.39 is 12.0 Å². The molecule has 21 heavy (non-hydrogen) atoms. The van der Waals surface area contributed by atoms with E-state index in [9.17, 15) is 14.0 Å². The summed E-state index contributed by atoms with van der Waals surface area (Å²) in [5.74, 6) is -1.54. The van der Waals surface area contributed by atoms with Crippen molar-refractivity contribution in [2.45, 2.75) is 44.7 Å². The van der Waals surface area contributed by atoms with Gasteiger partial charge in [0, 0.05) is 16.9 Å². The largest absolute Gasteiger partial charge is 0.480 e. The van der Waals surface area contributed by atoms with Crippen LogP contribution in [0, 0.1) is 5.82 Å². The predicted molar refractivity (Wildman–Crippen MR) is 79.4 cm³/mol. The highest BCUT2D eigenvalue weighted by atomic mass is 79.9. The molecule has 4 nitrogen and oxygen atoms in total. The minimum atomic E-state index is -0.998. The SMILES string of the molecule is CC(C(=O)O)N(C(=O)CCc1cc(F)ccc1Br)C1CC1.